The molecule has 0 bridgehead atoms. The highest BCUT2D eigenvalue weighted by molar-refractivity contribution is 5.84. The summed E-state index contributed by atoms with van der Waals surface area (Å²) >= 11 is 0. The lowest BCUT2D eigenvalue weighted by Gasteiger charge is -2.12. The molecule has 1 aromatic carbocycles. The molecule has 4 nitrogen and oxygen atoms in total. The van der Waals surface area contributed by atoms with Gasteiger partial charge in [0.2, 0.25) is 5.91 Å². The number of aryl methyl sites for hydroxylation is 1. The Labute approximate surface area is 118 Å². The molecule has 1 N–H and O–H groups in total. The predicted octanol–water partition coefficient (Wildman–Crippen LogP) is 2.08. The summed E-state index contributed by atoms with van der Waals surface area (Å²) in [5.74, 6) is 0.264. The summed E-state index contributed by atoms with van der Waals surface area (Å²) < 4.78 is 1.53. The van der Waals surface area contributed by atoms with Gasteiger partial charge in [-0.1, -0.05) is 32.0 Å². The Hall–Kier alpha value is -2.10. The molecule has 20 heavy (non-hydrogen) atoms. The van der Waals surface area contributed by atoms with Gasteiger partial charge in [-0.2, -0.15) is 0 Å². The van der Waals surface area contributed by atoms with Crippen LogP contribution in [0, 0.1) is 12.8 Å². The van der Waals surface area contributed by atoms with Crippen molar-refractivity contribution in [3.05, 3.63) is 46.2 Å². The molecule has 4 heteroatoms. The van der Waals surface area contributed by atoms with Crippen LogP contribution in [-0.4, -0.2) is 17.0 Å². The molecule has 1 amide bonds. The van der Waals surface area contributed by atoms with Crippen molar-refractivity contribution >= 4 is 16.8 Å². The second-order valence-electron chi connectivity index (χ2n) is 5.47. The molecule has 2 rings (SSSR count). The minimum Gasteiger partial charge on any atom is -0.354 e. The van der Waals surface area contributed by atoms with Crippen LogP contribution in [-0.2, 0) is 11.3 Å². The van der Waals surface area contributed by atoms with Gasteiger partial charge in [0, 0.05) is 18.0 Å². The van der Waals surface area contributed by atoms with Crippen LogP contribution in [0.4, 0.5) is 0 Å². The molecule has 0 fully saturated rings. The number of aromatic nitrogens is 1. The van der Waals surface area contributed by atoms with Crippen molar-refractivity contribution in [1.29, 1.82) is 0 Å². The van der Waals surface area contributed by atoms with Crippen LogP contribution >= 0.6 is 0 Å². The number of hydrogen-bond acceptors (Lipinski definition) is 2. The minimum absolute atomic E-state index is 0.0619. The topological polar surface area (TPSA) is 51.1 Å². The smallest absolute Gasteiger partial charge is 0.251 e. The summed E-state index contributed by atoms with van der Waals surface area (Å²) in [6.45, 7) is 6.66. The average molecular weight is 272 g/mol. The first-order valence-electron chi connectivity index (χ1n) is 6.85. The van der Waals surface area contributed by atoms with Gasteiger partial charge in [0.1, 0.15) is 6.54 Å². The summed E-state index contributed by atoms with van der Waals surface area (Å²) in [6, 6.07) is 9.23. The van der Waals surface area contributed by atoms with E-state index in [1.807, 2.05) is 45.0 Å². The van der Waals surface area contributed by atoms with Gasteiger partial charge >= 0.3 is 0 Å². The van der Waals surface area contributed by atoms with Crippen molar-refractivity contribution in [3.63, 3.8) is 0 Å². The molecular formula is C16H20N2O2. The van der Waals surface area contributed by atoms with E-state index in [4.69, 9.17) is 0 Å². The van der Waals surface area contributed by atoms with Crippen molar-refractivity contribution < 1.29 is 4.79 Å². The lowest BCUT2D eigenvalue weighted by molar-refractivity contribution is -0.121. The van der Waals surface area contributed by atoms with Gasteiger partial charge in [0.25, 0.3) is 5.56 Å². The fourth-order valence-corrected chi connectivity index (χ4v) is 2.18. The van der Waals surface area contributed by atoms with Crippen LogP contribution in [0.25, 0.3) is 10.9 Å². The molecule has 0 radical (unpaired) electrons. The second-order valence-corrected chi connectivity index (χ2v) is 5.47. The number of rotatable bonds is 4. The first-order chi connectivity index (χ1) is 9.49. The monoisotopic (exact) mass is 272 g/mol. The predicted molar refractivity (Wildman–Crippen MR) is 80.8 cm³/mol. The number of nitrogens with one attached hydrogen (secondary N) is 1. The van der Waals surface area contributed by atoms with Crippen molar-refractivity contribution in [1.82, 2.24) is 9.88 Å². The largest absolute Gasteiger partial charge is 0.354 e. The lowest BCUT2D eigenvalue weighted by atomic mass is 10.1. The summed E-state index contributed by atoms with van der Waals surface area (Å²) in [5.41, 5.74) is 1.60. The van der Waals surface area contributed by atoms with Gasteiger partial charge in [0.05, 0.1) is 5.52 Å². The number of carbonyl (C=O) groups is 1. The van der Waals surface area contributed by atoms with E-state index in [1.165, 1.54) is 4.57 Å². The molecular weight excluding hydrogens is 252 g/mol. The molecule has 0 saturated carbocycles. The maximum Gasteiger partial charge on any atom is 0.251 e. The summed E-state index contributed by atoms with van der Waals surface area (Å²) in [4.78, 5) is 24.0. The molecule has 106 valence electrons. The molecule has 1 aromatic heterocycles. The van der Waals surface area contributed by atoms with Crippen LogP contribution in [0.2, 0.25) is 0 Å². The fraction of sp³-hybridized carbons (Fsp3) is 0.375. The molecule has 0 saturated heterocycles. The van der Waals surface area contributed by atoms with E-state index < -0.39 is 0 Å². The van der Waals surface area contributed by atoms with E-state index in [0.29, 0.717) is 12.5 Å². The quantitative estimate of drug-likeness (QED) is 0.926. The van der Waals surface area contributed by atoms with Crippen molar-refractivity contribution in [2.24, 2.45) is 5.92 Å². The standard InChI is InChI=1S/C16H20N2O2/c1-11(2)9-17-15(19)10-18-14-7-5-4-6-13(14)12(3)8-16(18)20/h4-8,11H,9-10H2,1-3H3,(H,17,19). The van der Waals surface area contributed by atoms with Crippen LogP contribution in [0.5, 0.6) is 0 Å². The van der Waals surface area contributed by atoms with Gasteiger partial charge in [-0.3, -0.25) is 14.2 Å². The van der Waals surface area contributed by atoms with Gasteiger partial charge in [-0.25, -0.2) is 0 Å². The Morgan fingerprint density at radius 2 is 2.00 bits per heavy atom. The number of para-hydroxylation sites is 1. The third-order valence-corrected chi connectivity index (χ3v) is 3.23. The highest BCUT2D eigenvalue weighted by atomic mass is 16.2. The van der Waals surface area contributed by atoms with Gasteiger partial charge in [0.15, 0.2) is 0 Å². The highest BCUT2D eigenvalue weighted by Crippen LogP contribution is 2.15. The Balaban J connectivity index is 2.35. The van der Waals surface area contributed by atoms with Gasteiger partial charge in [-0.05, 0) is 24.5 Å². The Bertz CT molecular complexity index is 686. The number of pyridine rings is 1. The number of hydrogen-bond donors (Lipinski definition) is 1. The first-order valence-corrected chi connectivity index (χ1v) is 6.85. The Kier molecular flexibility index (Phi) is 4.23. The molecule has 2 aromatic rings. The first kappa shape index (κ1) is 14.3. The molecule has 0 aliphatic rings. The lowest BCUT2D eigenvalue weighted by Crippen LogP contribution is -2.34. The number of nitrogens with zero attached hydrogens (tertiary/aromatic N) is 1. The van der Waals surface area contributed by atoms with E-state index in [1.54, 1.807) is 6.07 Å². The van der Waals surface area contributed by atoms with Crippen LogP contribution in [0.15, 0.2) is 35.1 Å². The SMILES string of the molecule is Cc1cc(=O)n(CC(=O)NCC(C)C)c2ccccc12. The number of amides is 1. The van der Waals surface area contributed by atoms with Gasteiger partial charge in [-0.15, -0.1) is 0 Å². The fourth-order valence-electron chi connectivity index (χ4n) is 2.18. The zero-order valence-electron chi connectivity index (χ0n) is 12.1. The van der Waals surface area contributed by atoms with E-state index in [9.17, 15) is 9.59 Å². The van der Waals surface area contributed by atoms with Crippen LogP contribution in [0.3, 0.4) is 0 Å². The Morgan fingerprint density at radius 1 is 1.30 bits per heavy atom. The molecule has 0 aliphatic carbocycles. The number of fused-ring (bicyclic) bond motifs is 1. The average Bonchev–Trinajstić information content (AvgIpc) is 2.41. The summed E-state index contributed by atoms with van der Waals surface area (Å²) in [6.07, 6.45) is 0. The normalized spacial score (nSPS) is 11.0. The van der Waals surface area contributed by atoms with Crippen LogP contribution < -0.4 is 10.9 Å². The second kappa shape index (κ2) is 5.90. The third kappa shape index (κ3) is 3.07. The molecule has 1 heterocycles. The highest BCUT2D eigenvalue weighted by Gasteiger charge is 2.09. The molecule has 0 aliphatic heterocycles. The van der Waals surface area contributed by atoms with Gasteiger partial charge < -0.3 is 5.32 Å². The third-order valence-electron chi connectivity index (χ3n) is 3.23. The van der Waals surface area contributed by atoms with Crippen molar-refractivity contribution in [2.75, 3.05) is 6.54 Å². The summed E-state index contributed by atoms with van der Waals surface area (Å²) in [5, 5.41) is 3.84. The molecule has 0 spiro atoms. The maximum absolute atomic E-state index is 12.1. The number of carbonyl (C=O) groups excluding carboxylic acids is 1. The zero-order valence-corrected chi connectivity index (χ0v) is 12.1. The maximum atomic E-state index is 12.1. The Morgan fingerprint density at radius 3 is 2.70 bits per heavy atom. The zero-order chi connectivity index (χ0) is 14.7. The molecule has 0 atom stereocenters. The van der Waals surface area contributed by atoms with Crippen molar-refractivity contribution in [3.8, 4) is 0 Å². The number of benzene rings is 1. The minimum atomic E-state index is -0.138. The summed E-state index contributed by atoms with van der Waals surface area (Å²) in [7, 11) is 0. The van der Waals surface area contributed by atoms with Crippen LogP contribution in [0.1, 0.15) is 19.4 Å². The van der Waals surface area contributed by atoms with E-state index >= 15 is 0 Å². The van der Waals surface area contributed by atoms with E-state index in [-0.39, 0.29) is 18.0 Å². The van der Waals surface area contributed by atoms with E-state index in [2.05, 4.69) is 5.32 Å². The molecule has 0 unspecified atom stereocenters. The van der Waals surface area contributed by atoms with E-state index in [0.717, 1.165) is 16.5 Å². The van der Waals surface area contributed by atoms with Crippen molar-refractivity contribution in [2.45, 2.75) is 27.3 Å².